The minimum absolute atomic E-state index is 0.326. The van der Waals surface area contributed by atoms with E-state index in [1.54, 1.807) is 0 Å². The fraction of sp³-hybridized carbons (Fsp3) is 0.250. The molecule has 1 heterocycles. The third kappa shape index (κ3) is 4.45. The first kappa shape index (κ1) is 17.9. The van der Waals surface area contributed by atoms with Gasteiger partial charge in [-0.2, -0.15) is 0 Å². The summed E-state index contributed by atoms with van der Waals surface area (Å²) in [5.41, 5.74) is 3.68. The lowest BCUT2D eigenvalue weighted by Gasteiger charge is -2.14. The van der Waals surface area contributed by atoms with Crippen molar-refractivity contribution in [2.75, 3.05) is 0 Å². The maximum absolute atomic E-state index is 6.22. The van der Waals surface area contributed by atoms with E-state index in [9.17, 15) is 0 Å². The number of aryl methyl sites for hydroxylation is 1. The number of nitrogens with one attached hydrogen (secondary N) is 2. The van der Waals surface area contributed by atoms with Crippen molar-refractivity contribution in [1.82, 2.24) is 10.6 Å². The maximum Gasteiger partial charge on any atom is 0.0960 e. The minimum atomic E-state index is 0.326. The lowest BCUT2D eigenvalue weighted by molar-refractivity contribution is 0.494. The highest BCUT2D eigenvalue weighted by Gasteiger charge is 2.15. The van der Waals surface area contributed by atoms with E-state index in [-0.39, 0.29) is 0 Å². The van der Waals surface area contributed by atoms with Crippen LogP contribution in [0.15, 0.2) is 72.9 Å². The van der Waals surface area contributed by atoms with Gasteiger partial charge in [0.15, 0.2) is 0 Å². The molecule has 3 aromatic carbocycles. The van der Waals surface area contributed by atoms with Gasteiger partial charge in [-0.1, -0.05) is 72.6 Å². The first-order valence-corrected chi connectivity index (χ1v) is 10.1. The lowest BCUT2D eigenvalue weighted by Crippen LogP contribution is -2.31. The molecule has 1 aliphatic rings. The predicted molar refractivity (Wildman–Crippen MR) is 116 cm³/mol. The van der Waals surface area contributed by atoms with Crippen molar-refractivity contribution < 1.29 is 0 Å². The molecule has 3 heteroatoms. The highest BCUT2D eigenvalue weighted by atomic mass is 35.5. The van der Waals surface area contributed by atoms with Crippen LogP contribution in [-0.4, -0.2) is 6.17 Å². The third-order valence-corrected chi connectivity index (χ3v) is 5.58. The second kappa shape index (κ2) is 8.49. The van der Waals surface area contributed by atoms with Crippen LogP contribution in [0, 0.1) is 0 Å². The Labute approximate surface area is 166 Å². The zero-order valence-electron chi connectivity index (χ0n) is 15.4. The number of fused-ring (bicyclic) bond motifs is 1. The van der Waals surface area contributed by atoms with Gasteiger partial charge in [-0.05, 0) is 59.7 Å². The van der Waals surface area contributed by atoms with Gasteiger partial charge in [0.05, 0.1) is 11.9 Å². The highest BCUT2D eigenvalue weighted by Crippen LogP contribution is 2.23. The van der Waals surface area contributed by atoms with Crippen LogP contribution < -0.4 is 10.6 Å². The summed E-state index contributed by atoms with van der Waals surface area (Å²) in [7, 11) is 0. The molecule has 3 aromatic rings. The summed E-state index contributed by atoms with van der Waals surface area (Å²) in [5.74, 6) is 0. The van der Waals surface area contributed by atoms with Crippen molar-refractivity contribution in [3.63, 3.8) is 0 Å². The summed E-state index contributed by atoms with van der Waals surface area (Å²) >= 11 is 6.22. The number of hydrogen-bond acceptors (Lipinski definition) is 2. The Bertz CT molecular complexity index is 948. The van der Waals surface area contributed by atoms with Crippen LogP contribution in [0.4, 0.5) is 0 Å². The monoisotopic (exact) mass is 376 g/mol. The molecule has 0 spiro atoms. The fourth-order valence-electron chi connectivity index (χ4n) is 3.68. The first-order valence-electron chi connectivity index (χ1n) is 9.75. The smallest absolute Gasteiger partial charge is 0.0960 e. The molecule has 2 N–H and O–H groups in total. The quantitative estimate of drug-likeness (QED) is 0.486. The number of unbranched alkanes of at least 4 members (excludes halogenated alkanes) is 2. The molecule has 2 nitrogen and oxygen atoms in total. The Morgan fingerprint density at radius 1 is 0.815 bits per heavy atom. The third-order valence-electron chi connectivity index (χ3n) is 5.22. The van der Waals surface area contributed by atoms with E-state index < -0.39 is 0 Å². The second-order valence-electron chi connectivity index (χ2n) is 7.17. The average molecular weight is 377 g/mol. The van der Waals surface area contributed by atoms with E-state index in [4.69, 9.17) is 11.6 Å². The Hall–Kier alpha value is -2.45. The minimum Gasteiger partial charge on any atom is -0.370 e. The van der Waals surface area contributed by atoms with Crippen molar-refractivity contribution in [1.29, 1.82) is 0 Å². The van der Waals surface area contributed by atoms with E-state index in [0.29, 0.717) is 6.17 Å². The molecule has 0 saturated carbocycles. The molecule has 0 bridgehead atoms. The number of halogens is 1. The van der Waals surface area contributed by atoms with Crippen molar-refractivity contribution in [3.8, 4) is 0 Å². The van der Waals surface area contributed by atoms with E-state index >= 15 is 0 Å². The summed E-state index contributed by atoms with van der Waals surface area (Å²) < 4.78 is 0. The Balaban J connectivity index is 1.23. The van der Waals surface area contributed by atoms with Crippen LogP contribution >= 0.6 is 11.6 Å². The first-order chi connectivity index (χ1) is 13.3. The van der Waals surface area contributed by atoms with Gasteiger partial charge in [-0.15, -0.1) is 0 Å². The van der Waals surface area contributed by atoms with E-state index in [2.05, 4.69) is 71.4 Å². The van der Waals surface area contributed by atoms with Gasteiger partial charge >= 0.3 is 0 Å². The van der Waals surface area contributed by atoms with Gasteiger partial charge in [-0.3, -0.25) is 0 Å². The number of benzene rings is 3. The molecule has 0 amide bonds. The van der Waals surface area contributed by atoms with Gasteiger partial charge in [-0.25, -0.2) is 0 Å². The average Bonchev–Trinajstić information content (AvgIpc) is 3.18. The molecule has 0 aliphatic carbocycles. The summed E-state index contributed by atoms with van der Waals surface area (Å²) in [6.45, 7) is 0. The molecule has 1 unspecified atom stereocenters. The van der Waals surface area contributed by atoms with Crippen LogP contribution in [0.25, 0.3) is 16.5 Å². The topological polar surface area (TPSA) is 24.1 Å². The molecular formula is C24H25ClN2. The van der Waals surface area contributed by atoms with Crippen molar-refractivity contribution in [2.24, 2.45) is 0 Å². The van der Waals surface area contributed by atoms with E-state index in [1.807, 2.05) is 12.1 Å². The molecule has 138 valence electrons. The molecule has 0 radical (unpaired) electrons. The molecule has 0 saturated heterocycles. The van der Waals surface area contributed by atoms with Crippen LogP contribution in [-0.2, 0) is 6.42 Å². The van der Waals surface area contributed by atoms with Gasteiger partial charge in [0.1, 0.15) is 0 Å². The summed E-state index contributed by atoms with van der Waals surface area (Å²) in [6, 6.07) is 23.3. The highest BCUT2D eigenvalue weighted by molar-refractivity contribution is 6.31. The van der Waals surface area contributed by atoms with Gasteiger partial charge in [0.2, 0.25) is 0 Å². The largest absolute Gasteiger partial charge is 0.370 e. The van der Waals surface area contributed by atoms with Crippen LogP contribution in [0.2, 0.25) is 5.02 Å². The zero-order chi connectivity index (χ0) is 18.5. The predicted octanol–water partition coefficient (Wildman–Crippen LogP) is 6.11. The maximum atomic E-state index is 6.22. The Kier molecular flexibility index (Phi) is 5.64. The van der Waals surface area contributed by atoms with Gasteiger partial charge in [0.25, 0.3) is 0 Å². The standard InChI is InChI=1S/C24H25ClN2/c25-22-12-7-6-10-19(22)9-2-1-3-13-24-26-17-23(27-24)21-15-14-18-8-4-5-11-20(18)16-21/h4-8,10-12,14-17,24,26-27H,1-3,9,13H2. The van der Waals surface area contributed by atoms with Gasteiger partial charge < -0.3 is 10.6 Å². The fourth-order valence-corrected chi connectivity index (χ4v) is 3.91. The molecule has 4 rings (SSSR count). The molecule has 1 atom stereocenters. The molecule has 27 heavy (non-hydrogen) atoms. The van der Waals surface area contributed by atoms with Crippen LogP contribution in [0.5, 0.6) is 0 Å². The summed E-state index contributed by atoms with van der Waals surface area (Å²) in [5, 5.41) is 10.5. The number of hydrogen-bond donors (Lipinski definition) is 2. The van der Waals surface area contributed by atoms with Crippen molar-refractivity contribution >= 4 is 28.1 Å². The van der Waals surface area contributed by atoms with Crippen LogP contribution in [0.1, 0.15) is 36.8 Å². The van der Waals surface area contributed by atoms with E-state index in [1.165, 1.54) is 46.9 Å². The molecule has 1 aliphatic heterocycles. The molecule has 0 aromatic heterocycles. The van der Waals surface area contributed by atoms with Crippen LogP contribution in [0.3, 0.4) is 0 Å². The van der Waals surface area contributed by atoms with Crippen molar-refractivity contribution in [2.45, 2.75) is 38.3 Å². The lowest BCUT2D eigenvalue weighted by atomic mass is 10.0. The second-order valence-corrected chi connectivity index (χ2v) is 7.58. The zero-order valence-corrected chi connectivity index (χ0v) is 16.2. The van der Waals surface area contributed by atoms with Crippen molar-refractivity contribution in [3.05, 3.63) is 89.1 Å². The van der Waals surface area contributed by atoms with Gasteiger partial charge in [0, 0.05) is 11.2 Å². The summed E-state index contributed by atoms with van der Waals surface area (Å²) in [4.78, 5) is 0. The normalized spacial score (nSPS) is 16.0. The Morgan fingerprint density at radius 3 is 2.52 bits per heavy atom. The Morgan fingerprint density at radius 2 is 1.63 bits per heavy atom. The SMILES string of the molecule is Clc1ccccc1CCCCCC1NC=C(c2ccc3ccccc3c2)N1. The summed E-state index contributed by atoms with van der Waals surface area (Å²) in [6.07, 6.45) is 8.22. The van der Waals surface area contributed by atoms with E-state index in [0.717, 1.165) is 17.9 Å². The molecule has 0 fully saturated rings. The number of rotatable bonds is 7. The molecular weight excluding hydrogens is 352 g/mol.